The van der Waals surface area contributed by atoms with Crippen LogP contribution in [0.4, 0.5) is 0 Å². The zero-order chi connectivity index (χ0) is 9.00. The Hall–Kier alpha value is 5.22. The molecule has 0 aliphatic heterocycles. The summed E-state index contributed by atoms with van der Waals surface area (Å²) < 4.78 is 17.1. The summed E-state index contributed by atoms with van der Waals surface area (Å²) in [5, 5.41) is 0. The molecule has 0 bridgehead atoms. The largest absolute Gasteiger partial charge is 2.00 e. The molecule has 0 aromatic heterocycles. The second kappa shape index (κ2) is 18.2. The molecule has 0 aromatic carbocycles. The minimum atomic E-state index is -5.39. The molecule has 0 N–H and O–H groups in total. The SMILES string of the molecule is Cl.O=P([O-])([O-])[O-].O=P([O-])([O-])[O-].[Ba+2].[Ba+2].[Ba+2]. The summed E-state index contributed by atoms with van der Waals surface area (Å²) in [5.74, 6) is 0. The van der Waals surface area contributed by atoms with Crippen LogP contribution in [0.1, 0.15) is 0 Å². The molecule has 0 rings (SSSR count). The molecule has 0 saturated carbocycles. The third kappa shape index (κ3) is 166. The summed E-state index contributed by atoms with van der Waals surface area (Å²) in [6.45, 7) is 0. The number of hydrogen-bond acceptors (Lipinski definition) is 8. The number of phosphoric acid groups is 2. The van der Waals surface area contributed by atoms with Gasteiger partial charge in [-0.15, -0.1) is 12.4 Å². The van der Waals surface area contributed by atoms with E-state index in [4.69, 9.17) is 38.5 Å². The molecule has 0 unspecified atom stereocenters. The van der Waals surface area contributed by atoms with Crippen molar-refractivity contribution in [3.05, 3.63) is 0 Å². The molecular weight excluding hydrogens is 637 g/mol. The van der Waals surface area contributed by atoms with E-state index in [0.29, 0.717) is 0 Å². The van der Waals surface area contributed by atoms with Crippen LogP contribution in [-0.2, 0) is 9.13 Å². The van der Waals surface area contributed by atoms with E-state index in [-0.39, 0.29) is 159 Å². The van der Waals surface area contributed by atoms with Gasteiger partial charge in [0.15, 0.2) is 0 Å². The maximum Gasteiger partial charge on any atom is 2.00 e. The normalized spacial score (nSPS) is 8.43. The van der Waals surface area contributed by atoms with E-state index < -0.39 is 15.6 Å². The molecule has 0 heterocycles. The summed E-state index contributed by atoms with van der Waals surface area (Å²) in [6.07, 6.45) is 0. The Morgan fingerprint density at radius 1 is 0.571 bits per heavy atom. The third-order valence-electron chi connectivity index (χ3n) is 0. The average Bonchev–Trinajstić information content (AvgIpc) is 1.12. The molecule has 0 fully saturated rings. The van der Waals surface area contributed by atoms with Crippen molar-refractivity contribution in [2.75, 3.05) is 0 Å². The first-order valence-corrected chi connectivity index (χ1v) is 4.38. The van der Waals surface area contributed by atoms with Gasteiger partial charge in [-0.3, -0.25) is 0 Å². The van der Waals surface area contributed by atoms with E-state index >= 15 is 0 Å². The van der Waals surface area contributed by atoms with Gasteiger partial charge in [-0.1, -0.05) is 0 Å². The van der Waals surface area contributed by atoms with Crippen molar-refractivity contribution in [1.82, 2.24) is 0 Å². The fourth-order valence-electron chi connectivity index (χ4n) is 0. The van der Waals surface area contributed by atoms with Gasteiger partial charge in [-0.05, 0) is 0 Å². The Balaban J connectivity index is -0.0000000178. The van der Waals surface area contributed by atoms with E-state index in [1.165, 1.54) is 0 Å². The van der Waals surface area contributed by atoms with E-state index in [2.05, 4.69) is 0 Å². The van der Waals surface area contributed by atoms with Gasteiger partial charge in [0.05, 0.1) is 0 Å². The summed E-state index contributed by atoms with van der Waals surface area (Å²) in [7, 11) is -10.8. The second-order valence-electron chi connectivity index (χ2n) is 0.894. The van der Waals surface area contributed by atoms with Crippen LogP contribution in [0.25, 0.3) is 0 Å². The van der Waals surface area contributed by atoms with Gasteiger partial charge in [0.25, 0.3) is 0 Å². The monoisotopic (exact) mass is 640 g/mol. The standard InChI is InChI=1S/3Ba.ClH.2H3O4P/c;;;;2*1-5(2,3)4/h;;;1H;2*(H3,1,2,3,4)/q3*+2;;;/p-6. The molecule has 0 radical (unpaired) electrons. The number of rotatable bonds is 0. The third-order valence-corrected chi connectivity index (χ3v) is 0. The molecule has 0 aromatic rings. The average molecular weight is 638 g/mol. The maximum atomic E-state index is 8.55. The van der Waals surface area contributed by atoms with Crippen molar-refractivity contribution < 1.29 is 38.5 Å². The summed E-state index contributed by atoms with van der Waals surface area (Å²) in [6, 6.07) is 0. The fraction of sp³-hybridized carbons (Fsp3) is 0. The summed E-state index contributed by atoms with van der Waals surface area (Å²) >= 11 is 0. The first-order chi connectivity index (χ1) is 4.00. The van der Waals surface area contributed by atoms with Crippen molar-refractivity contribution in [3.63, 3.8) is 0 Å². The first kappa shape index (κ1) is 36.5. The van der Waals surface area contributed by atoms with Gasteiger partial charge < -0.3 is 38.5 Å². The topological polar surface area (TPSA) is 172 Å². The van der Waals surface area contributed by atoms with Gasteiger partial charge in [0.1, 0.15) is 0 Å². The Kier molecular flexibility index (Phi) is 47.5. The molecule has 0 atom stereocenters. The van der Waals surface area contributed by atoms with E-state index in [0.717, 1.165) is 0 Å². The van der Waals surface area contributed by atoms with Crippen LogP contribution in [0, 0.1) is 0 Å². The van der Waals surface area contributed by atoms with E-state index in [9.17, 15) is 0 Å². The molecular formula is HBa3ClO8P2. The van der Waals surface area contributed by atoms with Crippen LogP contribution < -0.4 is 29.4 Å². The zero-order valence-corrected chi connectivity index (χ0v) is 22.6. The van der Waals surface area contributed by atoms with E-state index in [1.54, 1.807) is 0 Å². The molecule has 0 amide bonds. The quantitative estimate of drug-likeness (QED) is 0.186. The van der Waals surface area contributed by atoms with Crippen LogP contribution >= 0.6 is 28.1 Å². The van der Waals surface area contributed by atoms with Gasteiger partial charge in [0, 0.05) is 0 Å². The Morgan fingerprint density at radius 2 is 0.571 bits per heavy atom. The molecule has 0 saturated heterocycles. The number of hydrogen-bond donors (Lipinski definition) is 0. The van der Waals surface area contributed by atoms with Crippen LogP contribution in [0.15, 0.2) is 0 Å². The smallest absolute Gasteiger partial charge is 0.822 e. The van der Waals surface area contributed by atoms with Crippen LogP contribution in [-0.4, -0.2) is 147 Å². The van der Waals surface area contributed by atoms with Crippen molar-refractivity contribution in [2.45, 2.75) is 0 Å². The molecule has 8 nitrogen and oxygen atoms in total. The first-order valence-electron chi connectivity index (χ1n) is 1.46. The Morgan fingerprint density at radius 3 is 0.571 bits per heavy atom. The molecule has 14 heteroatoms. The van der Waals surface area contributed by atoms with Gasteiger partial charge in [-0.25, -0.2) is 0 Å². The summed E-state index contributed by atoms with van der Waals surface area (Å²) in [5.41, 5.74) is 0. The minimum Gasteiger partial charge on any atom is -0.822 e. The molecule has 0 aliphatic carbocycles. The van der Waals surface area contributed by atoms with Gasteiger partial charge in [0.2, 0.25) is 0 Å². The Labute approximate surface area is 207 Å². The van der Waals surface area contributed by atoms with Gasteiger partial charge >= 0.3 is 147 Å². The molecule has 14 heavy (non-hydrogen) atoms. The number of halogens is 1. The molecule has 0 aliphatic rings. The van der Waals surface area contributed by atoms with Crippen LogP contribution in [0.3, 0.4) is 0 Å². The van der Waals surface area contributed by atoms with Crippen LogP contribution in [0.5, 0.6) is 0 Å². The predicted octanol–water partition coefficient (Wildman–Crippen LogP) is -6.37. The van der Waals surface area contributed by atoms with Crippen molar-refractivity contribution in [1.29, 1.82) is 0 Å². The molecule has 0 spiro atoms. The van der Waals surface area contributed by atoms with Crippen molar-refractivity contribution >= 4 is 175 Å². The van der Waals surface area contributed by atoms with Crippen molar-refractivity contribution in [2.24, 2.45) is 0 Å². The zero-order valence-electron chi connectivity index (χ0n) is 6.69. The minimum absolute atomic E-state index is 0. The maximum absolute atomic E-state index is 8.55. The van der Waals surface area contributed by atoms with Crippen molar-refractivity contribution in [3.8, 4) is 0 Å². The van der Waals surface area contributed by atoms with Gasteiger partial charge in [-0.2, -0.15) is 15.6 Å². The van der Waals surface area contributed by atoms with Crippen LogP contribution in [0.2, 0.25) is 0 Å². The fourth-order valence-corrected chi connectivity index (χ4v) is 0. The Bertz CT molecular complexity index is 135. The predicted molar refractivity (Wildman–Crippen MR) is 39.7 cm³/mol. The van der Waals surface area contributed by atoms with E-state index in [1.807, 2.05) is 0 Å². The second-order valence-corrected chi connectivity index (χ2v) is 2.68. The molecule has 72 valence electrons. The summed E-state index contributed by atoms with van der Waals surface area (Å²) in [4.78, 5) is 51.3.